The Labute approximate surface area is 177 Å². The topological polar surface area (TPSA) is 86.1 Å². The average molecular weight is 433 g/mol. The van der Waals surface area contributed by atoms with Crippen molar-refractivity contribution >= 4 is 28.6 Å². The van der Waals surface area contributed by atoms with E-state index in [-0.39, 0.29) is 27.5 Å². The van der Waals surface area contributed by atoms with Crippen molar-refractivity contribution in [3.05, 3.63) is 63.2 Å². The van der Waals surface area contributed by atoms with E-state index >= 15 is 0 Å². The second-order valence-electron chi connectivity index (χ2n) is 7.88. The van der Waals surface area contributed by atoms with Crippen LogP contribution in [0.3, 0.4) is 0 Å². The minimum absolute atomic E-state index is 0.191. The maximum Gasteiger partial charge on any atom is 0.408 e. The fraction of sp³-hybridized carbons (Fsp3) is 0.333. The van der Waals surface area contributed by atoms with E-state index in [1.54, 1.807) is 45.9 Å². The Hall–Kier alpha value is -3.00. The maximum absolute atomic E-state index is 14.2. The summed E-state index contributed by atoms with van der Waals surface area (Å²) in [5, 5.41) is 3.09. The second kappa shape index (κ2) is 8.02. The van der Waals surface area contributed by atoms with E-state index < -0.39 is 29.1 Å². The highest BCUT2D eigenvalue weighted by atomic mass is 35.5. The van der Waals surface area contributed by atoms with Crippen LogP contribution in [0.5, 0.6) is 0 Å². The fourth-order valence-electron chi connectivity index (χ4n) is 2.99. The molecule has 1 amide bonds. The molecule has 9 heteroatoms. The number of ether oxygens (including phenoxy) is 1. The number of aromatic nitrogens is 3. The smallest absolute Gasteiger partial charge is 0.408 e. The summed E-state index contributed by atoms with van der Waals surface area (Å²) in [6.07, 6.45) is 1.76. The normalized spacial score (nSPS) is 12.6. The van der Waals surface area contributed by atoms with Crippen molar-refractivity contribution in [1.29, 1.82) is 0 Å². The minimum Gasteiger partial charge on any atom is -0.444 e. The molecule has 0 fully saturated rings. The van der Waals surface area contributed by atoms with Gasteiger partial charge in [0.15, 0.2) is 0 Å². The first-order chi connectivity index (χ1) is 14.0. The van der Waals surface area contributed by atoms with E-state index in [0.29, 0.717) is 5.52 Å². The third kappa shape index (κ3) is 4.28. The summed E-state index contributed by atoms with van der Waals surface area (Å²) in [7, 11) is 0. The predicted molar refractivity (Wildman–Crippen MR) is 113 cm³/mol. The van der Waals surface area contributed by atoms with Crippen molar-refractivity contribution in [2.24, 2.45) is 0 Å². The molecule has 0 saturated heterocycles. The summed E-state index contributed by atoms with van der Waals surface area (Å²) in [6.45, 7) is 8.41. The summed E-state index contributed by atoms with van der Waals surface area (Å²) in [4.78, 5) is 34.1. The first-order valence-electron chi connectivity index (χ1n) is 9.30. The Morgan fingerprint density at radius 2 is 2.00 bits per heavy atom. The lowest BCUT2D eigenvalue weighted by Crippen LogP contribution is -2.37. The second-order valence-corrected chi connectivity index (χ2v) is 8.29. The van der Waals surface area contributed by atoms with Crippen molar-refractivity contribution < 1.29 is 13.9 Å². The highest BCUT2D eigenvalue weighted by Crippen LogP contribution is 2.24. The quantitative estimate of drug-likeness (QED) is 0.660. The molecule has 0 spiro atoms. The number of rotatable bonds is 3. The highest BCUT2D eigenvalue weighted by Gasteiger charge is 2.24. The molecule has 0 bridgehead atoms. The third-order valence-corrected chi connectivity index (χ3v) is 4.68. The molecule has 0 saturated carbocycles. The number of carbonyl (C=O) groups excluding carboxylic acids is 1. The summed E-state index contributed by atoms with van der Waals surface area (Å²) in [6, 6.07) is 4.16. The molecule has 1 aromatic carbocycles. The average Bonchev–Trinajstić information content (AvgIpc) is 2.62. The van der Waals surface area contributed by atoms with E-state index in [4.69, 9.17) is 16.3 Å². The number of carbonyl (C=O) groups is 1. The molecule has 2 aromatic heterocycles. The van der Waals surface area contributed by atoms with Crippen molar-refractivity contribution in [3.8, 4) is 5.69 Å². The van der Waals surface area contributed by atoms with Gasteiger partial charge in [0.2, 0.25) is 0 Å². The molecule has 1 unspecified atom stereocenters. The largest absolute Gasteiger partial charge is 0.444 e. The van der Waals surface area contributed by atoms with Gasteiger partial charge in [-0.3, -0.25) is 14.3 Å². The van der Waals surface area contributed by atoms with Crippen LogP contribution in [-0.2, 0) is 4.74 Å². The predicted octanol–water partition coefficient (Wildman–Crippen LogP) is 4.47. The third-order valence-electron chi connectivity index (χ3n) is 4.36. The Balaban J connectivity index is 2.23. The highest BCUT2D eigenvalue weighted by molar-refractivity contribution is 6.35. The molecule has 30 heavy (non-hydrogen) atoms. The van der Waals surface area contributed by atoms with Gasteiger partial charge in [0.05, 0.1) is 40.0 Å². The molecule has 7 nitrogen and oxygen atoms in total. The fourth-order valence-corrected chi connectivity index (χ4v) is 3.24. The van der Waals surface area contributed by atoms with Crippen LogP contribution >= 0.6 is 11.6 Å². The Morgan fingerprint density at radius 3 is 2.67 bits per heavy atom. The van der Waals surface area contributed by atoms with E-state index in [2.05, 4.69) is 15.3 Å². The molecule has 3 rings (SSSR count). The van der Waals surface area contributed by atoms with Crippen molar-refractivity contribution in [2.45, 2.75) is 46.3 Å². The number of amides is 1. The molecule has 0 aliphatic carbocycles. The van der Waals surface area contributed by atoms with Crippen molar-refractivity contribution in [1.82, 2.24) is 19.9 Å². The number of hydrogen-bond donors (Lipinski definition) is 1. The number of halogens is 2. The standard InChI is InChI=1S/C21H22ClFN4O3/c1-11-14(23)9-24-10-16(11)27-18(12(2)25-20(29)30-21(3,4)5)26-15-8-6-7-13(22)17(15)19(27)28/h6-10,12H,1-5H3,(H,25,29). The maximum atomic E-state index is 14.2. The van der Waals surface area contributed by atoms with Crippen LogP contribution in [0.15, 0.2) is 35.4 Å². The minimum atomic E-state index is -0.737. The zero-order valence-electron chi connectivity index (χ0n) is 17.3. The van der Waals surface area contributed by atoms with Crippen LogP contribution in [0.1, 0.15) is 45.1 Å². The van der Waals surface area contributed by atoms with Crippen LogP contribution in [0.2, 0.25) is 5.02 Å². The Bertz CT molecular complexity index is 1190. The van der Waals surface area contributed by atoms with E-state index in [9.17, 15) is 14.0 Å². The van der Waals surface area contributed by atoms with Gasteiger partial charge in [-0.05, 0) is 46.8 Å². The van der Waals surface area contributed by atoms with Gasteiger partial charge in [0.1, 0.15) is 17.2 Å². The molecule has 0 aliphatic rings. The lowest BCUT2D eigenvalue weighted by atomic mass is 10.1. The molecule has 0 aliphatic heterocycles. The molecule has 3 aromatic rings. The number of nitrogens with zero attached hydrogens (tertiary/aromatic N) is 3. The summed E-state index contributed by atoms with van der Waals surface area (Å²) in [5.74, 6) is -0.381. The van der Waals surface area contributed by atoms with Crippen LogP contribution in [0, 0.1) is 12.7 Å². The number of alkyl carbamates (subject to hydrolysis) is 1. The first kappa shape index (κ1) is 21.7. The Kier molecular flexibility index (Phi) is 5.81. The van der Waals surface area contributed by atoms with E-state index in [0.717, 1.165) is 6.20 Å². The number of nitrogens with one attached hydrogen (secondary N) is 1. The monoisotopic (exact) mass is 432 g/mol. The van der Waals surface area contributed by atoms with Gasteiger partial charge in [0.25, 0.3) is 5.56 Å². The molecule has 1 N–H and O–H groups in total. The number of fused-ring (bicyclic) bond motifs is 1. The lowest BCUT2D eigenvalue weighted by molar-refractivity contribution is 0.0505. The van der Waals surface area contributed by atoms with E-state index in [1.807, 2.05) is 0 Å². The molecule has 0 radical (unpaired) electrons. The van der Waals surface area contributed by atoms with Gasteiger partial charge in [0, 0.05) is 5.56 Å². The van der Waals surface area contributed by atoms with Gasteiger partial charge in [-0.15, -0.1) is 0 Å². The molecular formula is C21H22ClFN4O3. The zero-order valence-corrected chi connectivity index (χ0v) is 18.0. The van der Waals surface area contributed by atoms with Crippen molar-refractivity contribution in [2.75, 3.05) is 0 Å². The van der Waals surface area contributed by atoms with Crippen LogP contribution in [-0.4, -0.2) is 26.2 Å². The zero-order chi connectivity index (χ0) is 22.2. The van der Waals surface area contributed by atoms with Gasteiger partial charge >= 0.3 is 6.09 Å². The van der Waals surface area contributed by atoms with E-state index in [1.165, 1.54) is 17.7 Å². The molecular weight excluding hydrogens is 411 g/mol. The van der Waals surface area contributed by atoms with Gasteiger partial charge < -0.3 is 10.1 Å². The van der Waals surface area contributed by atoms with Gasteiger partial charge in [-0.2, -0.15) is 0 Å². The van der Waals surface area contributed by atoms with Crippen molar-refractivity contribution in [3.63, 3.8) is 0 Å². The summed E-state index contributed by atoms with van der Waals surface area (Å²) < 4.78 is 20.7. The Morgan fingerprint density at radius 1 is 1.30 bits per heavy atom. The van der Waals surface area contributed by atoms with Crippen LogP contribution in [0.25, 0.3) is 16.6 Å². The van der Waals surface area contributed by atoms with Crippen LogP contribution < -0.4 is 10.9 Å². The first-order valence-corrected chi connectivity index (χ1v) is 9.68. The van der Waals surface area contributed by atoms with Gasteiger partial charge in [-0.25, -0.2) is 14.2 Å². The summed E-state index contributed by atoms with van der Waals surface area (Å²) >= 11 is 6.25. The van der Waals surface area contributed by atoms with Gasteiger partial charge in [-0.1, -0.05) is 17.7 Å². The lowest BCUT2D eigenvalue weighted by Gasteiger charge is -2.23. The number of hydrogen-bond acceptors (Lipinski definition) is 5. The number of pyridine rings is 1. The van der Waals surface area contributed by atoms with Crippen LogP contribution in [0.4, 0.5) is 9.18 Å². The molecule has 2 heterocycles. The molecule has 158 valence electrons. The SMILES string of the molecule is Cc1c(F)cncc1-n1c(C(C)NC(=O)OC(C)(C)C)nc2cccc(Cl)c2c1=O. The number of benzene rings is 1. The summed E-state index contributed by atoms with van der Waals surface area (Å²) in [5.41, 5.74) is -0.405. The molecule has 1 atom stereocenters.